The molecule has 0 saturated carbocycles. The summed E-state index contributed by atoms with van der Waals surface area (Å²) < 4.78 is 5.66. The number of para-hydroxylation sites is 1. The summed E-state index contributed by atoms with van der Waals surface area (Å²) in [6, 6.07) is 12.0. The van der Waals surface area contributed by atoms with Gasteiger partial charge in [-0.3, -0.25) is 9.59 Å². The molecule has 0 aliphatic carbocycles. The number of carbonyl (C=O) groups is 2. The SMILES string of the molecule is CC(C)Oc1ccccc1C=NNC(=O)CC(=O)Nc1ccc(Cl)c(Cl)c1. The third-order valence-electron chi connectivity index (χ3n) is 3.20. The number of hydrazone groups is 1. The van der Waals surface area contributed by atoms with Crippen molar-refractivity contribution in [3.05, 3.63) is 58.1 Å². The first-order chi connectivity index (χ1) is 12.8. The van der Waals surface area contributed by atoms with Gasteiger partial charge < -0.3 is 10.1 Å². The smallest absolute Gasteiger partial charge is 0.249 e. The highest BCUT2D eigenvalue weighted by atomic mass is 35.5. The molecule has 0 aliphatic heterocycles. The van der Waals surface area contributed by atoms with Crippen LogP contribution in [0.5, 0.6) is 5.75 Å². The molecule has 8 heteroatoms. The van der Waals surface area contributed by atoms with E-state index >= 15 is 0 Å². The van der Waals surface area contributed by atoms with Crippen molar-refractivity contribution in [2.75, 3.05) is 5.32 Å². The van der Waals surface area contributed by atoms with Gasteiger partial charge in [0.25, 0.3) is 0 Å². The van der Waals surface area contributed by atoms with Crippen molar-refractivity contribution in [1.29, 1.82) is 0 Å². The van der Waals surface area contributed by atoms with Gasteiger partial charge in [-0.25, -0.2) is 5.43 Å². The fourth-order valence-corrected chi connectivity index (χ4v) is 2.38. The molecule has 0 spiro atoms. The van der Waals surface area contributed by atoms with Crippen molar-refractivity contribution in [3.8, 4) is 5.75 Å². The second-order valence-electron chi connectivity index (χ2n) is 5.85. The Hall–Kier alpha value is -2.57. The molecule has 0 bridgehead atoms. The lowest BCUT2D eigenvalue weighted by Crippen LogP contribution is -2.24. The Balaban J connectivity index is 1.87. The average molecular weight is 408 g/mol. The number of nitrogens with zero attached hydrogens (tertiary/aromatic N) is 1. The number of anilines is 1. The molecule has 27 heavy (non-hydrogen) atoms. The lowest BCUT2D eigenvalue weighted by Gasteiger charge is -2.11. The lowest BCUT2D eigenvalue weighted by atomic mass is 10.2. The summed E-state index contributed by atoms with van der Waals surface area (Å²) >= 11 is 11.7. The molecule has 0 aliphatic rings. The normalized spacial score (nSPS) is 10.9. The zero-order chi connectivity index (χ0) is 19.8. The van der Waals surface area contributed by atoms with Crippen LogP contribution in [0.3, 0.4) is 0 Å². The molecule has 0 unspecified atom stereocenters. The molecule has 0 radical (unpaired) electrons. The highest BCUT2D eigenvalue weighted by Crippen LogP contribution is 2.25. The third-order valence-corrected chi connectivity index (χ3v) is 3.94. The maximum atomic E-state index is 11.9. The van der Waals surface area contributed by atoms with Gasteiger partial charge in [-0.2, -0.15) is 5.10 Å². The van der Waals surface area contributed by atoms with Crippen LogP contribution in [0.15, 0.2) is 47.6 Å². The summed E-state index contributed by atoms with van der Waals surface area (Å²) in [6.07, 6.45) is 1.09. The first-order valence-electron chi connectivity index (χ1n) is 8.17. The molecular weight excluding hydrogens is 389 g/mol. The number of nitrogens with one attached hydrogen (secondary N) is 2. The lowest BCUT2D eigenvalue weighted by molar-refractivity contribution is -0.126. The fraction of sp³-hybridized carbons (Fsp3) is 0.211. The monoisotopic (exact) mass is 407 g/mol. The number of ether oxygens (including phenoxy) is 1. The van der Waals surface area contributed by atoms with Crippen LogP contribution in [0.25, 0.3) is 0 Å². The summed E-state index contributed by atoms with van der Waals surface area (Å²) in [5, 5.41) is 7.13. The molecule has 0 aromatic heterocycles. The largest absolute Gasteiger partial charge is 0.490 e. The predicted octanol–water partition coefficient (Wildman–Crippen LogP) is 4.26. The molecule has 0 fully saturated rings. The third kappa shape index (κ3) is 6.92. The molecule has 2 N–H and O–H groups in total. The minimum atomic E-state index is -0.550. The Bertz CT molecular complexity index is 854. The number of halogens is 2. The van der Waals surface area contributed by atoms with E-state index in [0.29, 0.717) is 27.0 Å². The Morgan fingerprint density at radius 3 is 2.56 bits per heavy atom. The number of benzene rings is 2. The number of hydrogen-bond donors (Lipinski definition) is 2. The summed E-state index contributed by atoms with van der Waals surface area (Å²) in [6.45, 7) is 3.84. The van der Waals surface area contributed by atoms with Gasteiger partial charge in [0.1, 0.15) is 12.2 Å². The van der Waals surface area contributed by atoms with Crippen LogP contribution in [-0.4, -0.2) is 24.1 Å². The molecule has 2 aromatic rings. The van der Waals surface area contributed by atoms with Crippen molar-refractivity contribution in [3.63, 3.8) is 0 Å². The highest BCUT2D eigenvalue weighted by Gasteiger charge is 2.10. The summed E-state index contributed by atoms with van der Waals surface area (Å²) in [5.74, 6) is -0.390. The summed E-state index contributed by atoms with van der Waals surface area (Å²) in [4.78, 5) is 23.8. The molecular formula is C19H19Cl2N3O3. The van der Waals surface area contributed by atoms with Crippen molar-refractivity contribution < 1.29 is 14.3 Å². The van der Waals surface area contributed by atoms with E-state index in [4.69, 9.17) is 27.9 Å². The van der Waals surface area contributed by atoms with E-state index in [-0.39, 0.29) is 12.5 Å². The van der Waals surface area contributed by atoms with Gasteiger partial charge in [0, 0.05) is 11.3 Å². The molecule has 142 valence electrons. The zero-order valence-corrected chi connectivity index (χ0v) is 16.3. The van der Waals surface area contributed by atoms with Crippen molar-refractivity contribution in [1.82, 2.24) is 5.43 Å². The van der Waals surface area contributed by atoms with Crippen LogP contribution in [-0.2, 0) is 9.59 Å². The number of rotatable bonds is 7. The van der Waals surface area contributed by atoms with E-state index in [0.717, 1.165) is 0 Å². The van der Waals surface area contributed by atoms with Crippen LogP contribution < -0.4 is 15.5 Å². The topological polar surface area (TPSA) is 79.8 Å². The summed E-state index contributed by atoms with van der Waals surface area (Å²) in [5.41, 5.74) is 3.48. The molecule has 6 nitrogen and oxygen atoms in total. The Kier molecular flexibility index (Phi) is 7.64. The van der Waals surface area contributed by atoms with E-state index in [1.54, 1.807) is 12.1 Å². The van der Waals surface area contributed by atoms with Gasteiger partial charge in [0.2, 0.25) is 11.8 Å². The van der Waals surface area contributed by atoms with E-state index in [2.05, 4.69) is 15.8 Å². The standard InChI is InChI=1S/C19H19Cl2N3O3/c1-12(2)27-17-6-4-3-5-13(17)11-22-24-19(26)10-18(25)23-14-7-8-15(20)16(21)9-14/h3-9,11-12H,10H2,1-2H3,(H,23,25)(H,24,26). The molecule has 0 atom stereocenters. The van der Waals surface area contributed by atoms with E-state index < -0.39 is 11.8 Å². The number of amides is 2. The Morgan fingerprint density at radius 1 is 1.11 bits per heavy atom. The number of hydrogen-bond acceptors (Lipinski definition) is 4. The van der Waals surface area contributed by atoms with Gasteiger partial charge in [-0.15, -0.1) is 0 Å². The maximum absolute atomic E-state index is 11.9. The van der Waals surface area contributed by atoms with Crippen molar-refractivity contribution in [2.45, 2.75) is 26.4 Å². The second kappa shape index (κ2) is 9.94. The predicted molar refractivity (Wildman–Crippen MR) is 108 cm³/mol. The van der Waals surface area contributed by atoms with Gasteiger partial charge in [0.05, 0.1) is 22.4 Å². The molecule has 2 aromatic carbocycles. The Morgan fingerprint density at radius 2 is 1.85 bits per heavy atom. The molecule has 2 amide bonds. The van der Waals surface area contributed by atoms with Crippen LogP contribution >= 0.6 is 23.2 Å². The van der Waals surface area contributed by atoms with Gasteiger partial charge in [-0.1, -0.05) is 35.3 Å². The van der Waals surface area contributed by atoms with E-state index in [1.165, 1.54) is 12.3 Å². The maximum Gasteiger partial charge on any atom is 0.249 e. The quantitative estimate of drug-likeness (QED) is 0.408. The Labute approximate surface area is 167 Å². The molecule has 2 rings (SSSR count). The van der Waals surface area contributed by atoms with Gasteiger partial charge in [-0.05, 0) is 44.2 Å². The van der Waals surface area contributed by atoms with E-state index in [1.807, 2.05) is 38.1 Å². The minimum absolute atomic E-state index is 0.0132. The van der Waals surface area contributed by atoms with Crippen LogP contribution in [0.1, 0.15) is 25.8 Å². The number of carbonyl (C=O) groups excluding carboxylic acids is 2. The van der Waals surface area contributed by atoms with Crippen LogP contribution in [0.4, 0.5) is 5.69 Å². The minimum Gasteiger partial charge on any atom is -0.490 e. The molecule has 0 heterocycles. The van der Waals surface area contributed by atoms with Crippen molar-refractivity contribution >= 4 is 46.9 Å². The zero-order valence-electron chi connectivity index (χ0n) is 14.8. The fourth-order valence-electron chi connectivity index (χ4n) is 2.09. The average Bonchev–Trinajstić information content (AvgIpc) is 2.59. The summed E-state index contributed by atoms with van der Waals surface area (Å²) in [7, 11) is 0. The first-order valence-corrected chi connectivity index (χ1v) is 8.93. The molecule has 0 saturated heterocycles. The van der Waals surface area contributed by atoms with Crippen molar-refractivity contribution in [2.24, 2.45) is 5.10 Å². The van der Waals surface area contributed by atoms with Crippen LogP contribution in [0, 0.1) is 0 Å². The van der Waals surface area contributed by atoms with Crippen LogP contribution in [0.2, 0.25) is 10.0 Å². The highest BCUT2D eigenvalue weighted by molar-refractivity contribution is 6.42. The van der Waals surface area contributed by atoms with Gasteiger partial charge >= 0.3 is 0 Å². The second-order valence-corrected chi connectivity index (χ2v) is 6.67. The van der Waals surface area contributed by atoms with E-state index in [9.17, 15) is 9.59 Å². The van der Waals surface area contributed by atoms with Gasteiger partial charge in [0.15, 0.2) is 0 Å². The first kappa shape index (κ1) is 20.7.